The first-order valence-electron chi connectivity index (χ1n) is 19.9. The minimum atomic E-state index is -1.10. The Kier molecular flexibility index (Phi) is 12.6. The van der Waals surface area contributed by atoms with Gasteiger partial charge in [-0.15, -0.1) is 0 Å². The molecule has 8 bridgehead atoms. The monoisotopic (exact) mass is 748 g/mol. The van der Waals surface area contributed by atoms with E-state index in [4.69, 9.17) is 33.2 Å². The lowest BCUT2D eigenvalue weighted by molar-refractivity contribution is -0.259. The maximum atomic E-state index is 13.9. The maximum absolute atomic E-state index is 13.9. The lowest BCUT2D eigenvalue weighted by atomic mass is 9.81. The van der Waals surface area contributed by atoms with Crippen molar-refractivity contribution in [3.05, 3.63) is 24.3 Å². The molecule has 13 heteroatoms. The quantitative estimate of drug-likeness (QED) is 0.308. The van der Waals surface area contributed by atoms with Crippen LogP contribution in [0, 0.1) is 11.8 Å². The zero-order chi connectivity index (χ0) is 37.6. The highest BCUT2D eigenvalue weighted by molar-refractivity contribution is 5.79. The maximum Gasteiger partial charge on any atom is 0.135 e. The van der Waals surface area contributed by atoms with E-state index in [1.54, 1.807) is 7.11 Å². The van der Waals surface area contributed by atoms with Crippen molar-refractivity contribution < 1.29 is 63.2 Å². The minimum absolute atomic E-state index is 0.00643. The van der Waals surface area contributed by atoms with Gasteiger partial charge in [0.25, 0.3) is 0 Å². The Morgan fingerprint density at radius 2 is 1.45 bits per heavy atom. The summed E-state index contributed by atoms with van der Waals surface area (Å²) in [5, 5.41) is 42.6. The Hall–Kier alpha value is -1.62. The number of hydrogen-bond donors (Lipinski definition) is 4. The topological polar surface area (TPSA) is 180 Å². The molecular weight excluding hydrogens is 688 g/mol. The van der Waals surface area contributed by atoms with E-state index in [0.29, 0.717) is 32.1 Å². The Balaban J connectivity index is 1.11. The lowest BCUT2D eigenvalue weighted by Crippen LogP contribution is -2.61. The van der Waals surface area contributed by atoms with Crippen LogP contribution in [0.5, 0.6) is 0 Å². The zero-order valence-corrected chi connectivity index (χ0v) is 31.2. The molecule has 298 valence electrons. The standard InChI is InChI=1S/C40H60O13/c1-19-11-26-7-9-29-20(2)12-25(48-29)6-5-22(42)15-33-35(45)39-40(53-33)36(46)38-30(52-39)10-8-27(50-38)13-23(43)14-28-32(17-31(49-26)21(19)3)51-34(37(28)47-4)16-24(44)18-41/h19,24-41,44-46H,2-3,5-18H2,1,4H3/t19-,24+,25?,26+,27?,28?,29?,30+,31?,32+,33-,34?,35+,36+,37-,38+,39+,40+/m1/s1. The number of aliphatic hydroxyl groups excluding tert-OH is 4. The molecule has 18 atom stereocenters. The van der Waals surface area contributed by atoms with Gasteiger partial charge in [0.15, 0.2) is 0 Å². The molecule has 7 saturated heterocycles. The van der Waals surface area contributed by atoms with Crippen LogP contribution in [0.3, 0.4) is 0 Å². The second-order valence-electron chi connectivity index (χ2n) is 16.8. The predicted molar refractivity (Wildman–Crippen MR) is 189 cm³/mol. The third-order valence-corrected chi connectivity index (χ3v) is 13.1. The van der Waals surface area contributed by atoms with Crippen LogP contribution >= 0.6 is 0 Å². The van der Waals surface area contributed by atoms with Gasteiger partial charge in [-0.05, 0) is 62.0 Å². The highest BCUT2D eigenvalue weighted by Gasteiger charge is 2.57. The summed E-state index contributed by atoms with van der Waals surface area (Å²) in [7, 11) is 1.58. The van der Waals surface area contributed by atoms with Gasteiger partial charge >= 0.3 is 0 Å². The van der Waals surface area contributed by atoms with Crippen LogP contribution in [0.15, 0.2) is 24.3 Å². The molecular formula is C40H60O13. The number of rotatable bonds is 4. The number of fused-ring (bicyclic) bond motifs is 7. The third-order valence-electron chi connectivity index (χ3n) is 13.1. The van der Waals surface area contributed by atoms with E-state index >= 15 is 0 Å². The molecule has 7 fully saturated rings. The molecule has 7 aliphatic heterocycles. The van der Waals surface area contributed by atoms with Crippen molar-refractivity contribution in [1.82, 2.24) is 0 Å². The first-order chi connectivity index (χ1) is 25.4. The molecule has 13 nitrogen and oxygen atoms in total. The van der Waals surface area contributed by atoms with Gasteiger partial charge in [-0.3, -0.25) is 9.59 Å². The molecule has 0 aromatic heterocycles. The van der Waals surface area contributed by atoms with Crippen LogP contribution < -0.4 is 0 Å². The average molecular weight is 749 g/mol. The van der Waals surface area contributed by atoms with Crippen molar-refractivity contribution >= 4 is 11.6 Å². The Labute approximate surface area is 312 Å². The smallest absolute Gasteiger partial charge is 0.135 e. The number of aliphatic hydroxyl groups is 4. The molecule has 7 heterocycles. The summed E-state index contributed by atoms with van der Waals surface area (Å²) in [5.41, 5.74) is 2.00. The highest BCUT2D eigenvalue weighted by atomic mass is 16.6. The average Bonchev–Trinajstić information content (AvgIpc) is 3.76. The molecule has 7 rings (SSSR count). The summed E-state index contributed by atoms with van der Waals surface area (Å²) in [4.78, 5) is 27.0. The van der Waals surface area contributed by atoms with Crippen molar-refractivity contribution in [2.75, 3.05) is 13.7 Å². The van der Waals surface area contributed by atoms with Crippen LogP contribution in [-0.4, -0.2) is 143 Å². The van der Waals surface area contributed by atoms with Gasteiger partial charge in [0.1, 0.15) is 42.1 Å². The molecule has 4 N–H and O–H groups in total. The van der Waals surface area contributed by atoms with E-state index in [2.05, 4.69) is 20.1 Å². The van der Waals surface area contributed by atoms with Crippen molar-refractivity contribution in [3.8, 4) is 0 Å². The van der Waals surface area contributed by atoms with Gasteiger partial charge in [-0.25, -0.2) is 0 Å². The second kappa shape index (κ2) is 16.9. The predicted octanol–water partition coefficient (Wildman–Crippen LogP) is 2.27. The summed E-state index contributed by atoms with van der Waals surface area (Å²) < 4.78 is 44.3. The van der Waals surface area contributed by atoms with Gasteiger partial charge in [-0.2, -0.15) is 0 Å². The van der Waals surface area contributed by atoms with Crippen LogP contribution in [-0.2, 0) is 42.7 Å². The van der Waals surface area contributed by atoms with E-state index in [-0.39, 0.29) is 79.9 Å². The van der Waals surface area contributed by atoms with Gasteiger partial charge in [0.05, 0.1) is 73.8 Å². The number of Topliss-reactive ketones (excluding diaryl/α,β-unsaturated/α-hetero) is 2. The molecule has 0 aromatic carbocycles. The molecule has 7 aliphatic rings. The van der Waals surface area contributed by atoms with Crippen LogP contribution in [0.4, 0.5) is 0 Å². The van der Waals surface area contributed by atoms with E-state index in [0.717, 1.165) is 30.4 Å². The molecule has 0 amide bonds. The number of carbonyl (C=O) groups excluding carboxylic acids is 2. The molecule has 6 unspecified atom stereocenters. The first kappa shape index (κ1) is 39.6. The molecule has 0 saturated carbocycles. The van der Waals surface area contributed by atoms with Crippen LogP contribution in [0.1, 0.15) is 90.4 Å². The van der Waals surface area contributed by atoms with E-state index in [9.17, 15) is 30.0 Å². The largest absolute Gasteiger partial charge is 0.394 e. The van der Waals surface area contributed by atoms with E-state index in [1.165, 1.54) is 0 Å². The fraction of sp³-hybridized carbons (Fsp3) is 0.850. The van der Waals surface area contributed by atoms with E-state index < -0.39 is 79.9 Å². The van der Waals surface area contributed by atoms with Crippen LogP contribution in [0.25, 0.3) is 0 Å². The summed E-state index contributed by atoms with van der Waals surface area (Å²) >= 11 is 0. The normalized spacial score (nSPS) is 47.7. The first-order valence-corrected chi connectivity index (χ1v) is 19.9. The summed E-state index contributed by atoms with van der Waals surface area (Å²) in [6.45, 7) is 10.4. The van der Waals surface area contributed by atoms with Gasteiger partial charge in [-0.1, -0.05) is 20.1 Å². The minimum Gasteiger partial charge on any atom is -0.394 e. The van der Waals surface area contributed by atoms with E-state index in [1.807, 2.05) is 0 Å². The summed E-state index contributed by atoms with van der Waals surface area (Å²) in [6, 6.07) is 0. The molecule has 0 spiro atoms. The number of ketones is 2. The zero-order valence-electron chi connectivity index (χ0n) is 31.2. The molecule has 0 radical (unpaired) electrons. The van der Waals surface area contributed by atoms with Gasteiger partial charge in [0, 0.05) is 51.6 Å². The van der Waals surface area contributed by atoms with Crippen molar-refractivity contribution in [1.29, 1.82) is 0 Å². The Bertz CT molecular complexity index is 1340. The van der Waals surface area contributed by atoms with Gasteiger partial charge < -0.3 is 53.6 Å². The van der Waals surface area contributed by atoms with Crippen molar-refractivity contribution in [2.45, 2.75) is 188 Å². The fourth-order valence-electron chi connectivity index (χ4n) is 10.1. The number of hydrogen-bond acceptors (Lipinski definition) is 13. The fourth-order valence-corrected chi connectivity index (χ4v) is 10.1. The SMILES string of the molecule is C=C1CC2CCC(=O)C[C@H]3O[C@H]4[C@@H](O)[C@H]5OC(CC[C@@H]5O[C@H]4[C@H]3O)CC(=O)CC3[C@@H](OC)C(C[C@H](O)CO)O[C@H]3CC3O[C@@H](CCC1O2)C[C@@H](C)C3=C. The summed E-state index contributed by atoms with van der Waals surface area (Å²) in [6.07, 6.45) is -3.55. The van der Waals surface area contributed by atoms with Gasteiger partial charge in [0.2, 0.25) is 0 Å². The third kappa shape index (κ3) is 8.56. The summed E-state index contributed by atoms with van der Waals surface area (Å²) in [5.74, 6) is -0.221. The molecule has 0 aliphatic carbocycles. The van der Waals surface area contributed by atoms with Crippen molar-refractivity contribution in [3.63, 3.8) is 0 Å². The lowest BCUT2D eigenvalue weighted by Gasteiger charge is -2.46. The Morgan fingerprint density at radius 1 is 0.736 bits per heavy atom. The molecule has 53 heavy (non-hydrogen) atoms. The second-order valence-corrected chi connectivity index (χ2v) is 16.8. The highest BCUT2D eigenvalue weighted by Crippen LogP contribution is 2.43. The number of carbonyl (C=O) groups is 2. The Morgan fingerprint density at radius 3 is 2.23 bits per heavy atom. The van der Waals surface area contributed by atoms with Crippen LogP contribution in [0.2, 0.25) is 0 Å². The number of methoxy groups -OCH3 is 1. The molecule has 0 aromatic rings. The van der Waals surface area contributed by atoms with Crippen molar-refractivity contribution in [2.24, 2.45) is 11.8 Å². The number of ether oxygens (including phenoxy) is 7.